The second kappa shape index (κ2) is 7.73. The topological polar surface area (TPSA) is 92.1 Å². The Bertz CT molecular complexity index is 681. The van der Waals surface area contributed by atoms with Gasteiger partial charge in [0.15, 0.2) is 0 Å². The molecule has 6 nitrogen and oxygen atoms in total. The summed E-state index contributed by atoms with van der Waals surface area (Å²) in [4.78, 5) is 0.242. The number of nitrogens with zero attached hydrogens (tertiary/aromatic N) is 2. The zero-order valence-electron chi connectivity index (χ0n) is 12.6. The number of aryl methyl sites for hydroxylation is 2. The van der Waals surface area contributed by atoms with Gasteiger partial charge in [0.25, 0.3) is 0 Å². The number of hydrogen-bond donors (Lipinski definition) is 2. The molecule has 1 heterocycles. The molecule has 0 atom stereocenters. The normalized spacial score (nSPS) is 11.5. The molecule has 122 valence electrons. The van der Waals surface area contributed by atoms with E-state index in [0.29, 0.717) is 17.9 Å². The Morgan fingerprint density at radius 1 is 1.23 bits per heavy atom. The minimum atomic E-state index is -3.62. The first-order valence-electron chi connectivity index (χ1n) is 6.72. The lowest BCUT2D eigenvalue weighted by atomic mass is 10.2. The van der Waals surface area contributed by atoms with Crippen LogP contribution in [0.3, 0.4) is 0 Å². The highest BCUT2D eigenvalue weighted by atomic mass is 35.5. The third-order valence-electron chi connectivity index (χ3n) is 3.24. The van der Waals surface area contributed by atoms with Gasteiger partial charge in [-0.1, -0.05) is 30.3 Å². The van der Waals surface area contributed by atoms with Crippen LogP contribution in [-0.4, -0.2) is 36.0 Å². The maximum Gasteiger partial charge on any atom is 0.247 e. The van der Waals surface area contributed by atoms with Gasteiger partial charge in [0.2, 0.25) is 10.0 Å². The summed E-state index contributed by atoms with van der Waals surface area (Å²) in [6.45, 7) is 4.21. The highest BCUT2D eigenvalue weighted by Gasteiger charge is 2.29. The molecule has 0 aliphatic rings. The van der Waals surface area contributed by atoms with Gasteiger partial charge >= 0.3 is 0 Å². The van der Waals surface area contributed by atoms with E-state index in [1.807, 2.05) is 30.3 Å². The van der Waals surface area contributed by atoms with Crippen molar-refractivity contribution in [3.8, 4) is 0 Å². The number of hydrogen-bond acceptors (Lipinski definition) is 4. The summed E-state index contributed by atoms with van der Waals surface area (Å²) in [6, 6.07) is 9.46. The predicted octanol–water partition coefficient (Wildman–Crippen LogP) is 1.60. The fourth-order valence-electron chi connectivity index (χ4n) is 2.27. The van der Waals surface area contributed by atoms with Crippen LogP contribution in [0.4, 0.5) is 0 Å². The molecule has 0 bridgehead atoms. The lowest BCUT2D eigenvalue weighted by Crippen LogP contribution is -2.35. The van der Waals surface area contributed by atoms with Crippen molar-refractivity contribution < 1.29 is 8.42 Å². The van der Waals surface area contributed by atoms with Crippen LogP contribution in [0.2, 0.25) is 0 Å². The van der Waals surface area contributed by atoms with Crippen molar-refractivity contribution in [2.24, 2.45) is 5.73 Å². The summed E-state index contributed by atoms with van der Waals surface area (Å²) in [5.74, 6) is 0. The predicted molar refractivity (Wildman–Crippen MR) is 88.4 cm³/mol. The van der Waals surface area contributed by atoms with Crippen molar-refractivity contribution in [3.63, 3.8) is 0 Å². The minimum absolute atomic E-state index is 0. The molecule has 0 spiro atoms. The fourth-order valence-corrected chi connectivity index (χ4v) is 4.04. The standard InChI is InChI=1S/C14H20N4O2S.ClH/c1-11-14(12(2)17-16-11)21(19,20)18(9-8-15)10-13-6-4-3-5-7-13;/h3-7H,8-10,15H2,1-2H3,(H,16,17);1H. The minimum Gasteiger partial charge on any atom is -0.329 e. The molecule has 0 amide bonds. The maximum atomic E-state index is 12.8. The van der Waals surface area contributed by atoms with E-state index in [-0.39, 0.29) is 30.4 Å². The maximum absolute atomic E-state index is 12.8. The van der Waals surface area contributed by atoms with E-state index in [0.717, 1.165) is 5.56 Å². The van der Waals surface area contributed by atoms with Gasteiger partial charge in [-0.05, 0) is 19.4 Å². The van der Waals surface area contributed by atoms with E-state index >= 15 is 0 Å². The average Bonchev–Trinajstić information content (AvgIpc) is 2.79. The number of H-pyrrole nitrogens is 1. The van der Waals surface area contributed by atoms with Crippen molar-refractivity contribution in [1.29, 1.82) is 0 Å². The summed E-state index contributed by atoms with van der Waals surface area (Å²) in [7, 11) is -3.62. The summed E-state index contributed by atoms with van der Waals surface area (Å²) in [5.41, 5.74) is 7.52. The van der Waals surface area contributed by atoms with Gasteiger partial charge in [0, 0.05) is 19.6 Å². The van der Waals surface area contributed by atoms with E-state index in [4.69, 9.17) is 5.73 Å². The van der Waals surface area contributed by atoms with Crippen molar-refractivity contribution in [3.05, 3.63) is 47.3 Å². The molecule has 1 aromatic heterocycles. The molecule has 1 aromatic carbocycles. The fraction of sp³-hybridized carbons (Fsp3) is 0.357. The molecule has 3 N–H and O–H groups in total. The van der Waals surface area contributed by atoms with E-state index in [2.05, 4.69) is 10.2 Å². The molecular formula is C14H21ClN4O2S. The van der Waals surface area contributed by atoms with Crippen LogP contribution >= 0.6 is 12.4 Å². The quantitative estimate of drug-likeness (QED) is 0.832. The largest absolute Gasteiger partial charge is 0.329 e. The van der Waals surface area contributed by atoms with Gasteiger partial charge in [-0.2, -0.15) is 9.40 Å². The molecule has 0 unspecified atom stereocenters. The molecule has 8 heteroatoms. The SMILES string of the molecule is Cc1n[nH]c(C)c1S(=O)(=O)N(CCN)Cc1ccccc1.Cl. The van der Waals surface area contributed by atoms with Crippen LogP contribution < -0.4 is 5.73 Å². The zero-order chi connectivity index (χ0) is 15.5. The third-order valence-corrected chi connectivity index (χ3v) is 5.35. The molecule has 2 aromatic rings. The number of aromatic nitrogens is 2. The van der Waals surface area contributed by atoms with E-state index in [1.54, 1.807) is 13.8 Å². The zero-order valence-corrected chi connectivity index (χ0v) is 14.2. The second-order valence-electron chi connectivity index (χ2n) is 4.88. The van der Waals surface area contributed by atoms with Crippen LogP contribution in [-0.2, 0) is 16.6 Å². The highest BCUT2D eigenvalue weighted by Crippen LogP contribution is 2.22. The second-order valence-corrected chi connectivity index (χ2v) is 6.75. The number of halogens is 1. The van der Waals surface area contributed by atoms with E-state index in [1.165, 1.54) is 4.31 Å². The molecule has 0 saturated heterocycles. The Morgan fingerprint density at radius 3 is 2.36 bits per heavy atom. The molecule has 0 saturated carbocycles. The van der Waals surface area contributed by atoms with Crippen molar-refractivity contribution in [2.75, 3.05) is 13.1 Å². The Morgan fingerprint density at radius 2 is 1.86 bits per heavy atom. The first-order valence-corrected chi connectivity index (χ1v) is 8.16. The number of nitrogens with one attached hydrogen (secondary N) is 1. The average molecular weight is 345 g/mol. The Hall–Kier alpha value is -1.41. The first kappa shape index (κ1) is 18.6. The third kappa shape index (κ3) is 3.86. The first-order chi connectivity index (χ1) is 9.96. The Kier molecular flexibility index (Phi) is 6.55. The van der Waals surface area contributed by atoms with Gasteiger partial charge in [-0.15, -0.1) is 12.4 Å². The number of aromatic amines is 1. The number of benzene rings is 1. The van der Waals surface area contributed by atoms with Crippen LogP contribution in [0.15, 0.2) is 35.2 Å². The van der Waals surface area contributed by atoms with Crippen LogP contribution in [0.25, 0.3) is 0 Å². The summed E-state index contributed by atoms with van der Waals surface area (Å²) in [6.07, 6.45) is 0. The molecule has 22 heavy (non-hydrogen) atoms. The van der Waals surface area contributed by atoms with Crippen molar-refractivity contribution >= 4 is 22.4 Å². The van der Waals surface area contributed by atoms with Crippen LogP contribution in [0.1, 0.15) is 17.0 Å². The van der Waals surface area contributed by atoms with Gasteiger partial charge in [0.1, 0.15) is 4.90 Å². The molecule has 0 aliphatic heterocycles. The lowest BCUT2D eigenvalue weighted by Gasteiger charge is -2.21. The van der Waals surface area contributed by atoms with Crippen molar-refractivity contribution in [1.82, 2.24) is 14.5 Å². The van der Waals surface area contributed by atoms with Gasteiger partial charge in [-0.3, -0.25) is 5.10 Å². The Labute approximate surface area is 137 Å². The van der Waals surface area contributed by atoms with Crippen LogP contribution in [0, 0.1) is 13.8 Å². The molecular weight excluding hydrogens is 324 g/mol. The molecule has 0 fully saturated rings. The van der Waals surface area contributed by atoms with Crippen LogP contribution in [0.5, 0.6) is 0 Å². The number of rotatable bonds is 6. The smallest absolute Gasteiger partial charge is 0.247 e. The molecule has 0 radical (unpaired) electrons. The lowest BCUT2D eigenvalue weighted by molar-refractivity contribution is 0.413. The molecule has 0 aliphatic carbocycles. The van der Waals surface area contributed by atoms with E-state index < -0.39 is 10.0 Å². The van der Waals surface area contributed by atoms with Crippen molar-refractivity contribution in [2.45, 2.75) is 25.3 Å². The number of sulfonamides is 1. The van der Waals surface area contributed by atoms with Gasteiger partial charge < -0.3 is 5.73 Å². The summed E-state index contributed by atoms with van der Waals surface area (Å²) >= 11 is 0. The molecule has 2 rings (SSSR count). The van der Waals surface area contributed by atoms with Gasteiger partial charge in [-0.25, -0.2) is 8.42 Å². The monoisotopic (exact) mass is 344 g/mol. The number of nitrogens with two attached hydrogens (primary N) is 1. The van der Waals surface area contributed by atoms with Gasteiger partial charge in [0.05, 0.1) is 11.4 Å². The Balaban J connectivity index is 0.00000242. The van der Waals surface area contributed by atoms with E-state index in [9.17, 15) is 8.42 Å². The summed E-state index contributed by atoms with van der Waals surface area (Å²) in [5, 5.41) is 6.69. The summed E-state index contributed by atoms with van der Waals surface area (Å²) < 4.78 is 27.1. The highest BCUT2D eigenvalue weighted by molar-refractivity contribution is 7.89.